The van der Waals surface area contributed by atoms with Crippen molar-refractivity contribution in [3.8, 4) is 11.8 Å². The number of hydrogen-bond acceptors (Lipinski definition) is 4. The van der Waals surface area contributed by atoms with Crippen LogP contribution in [0, 0.1) is 11.3 Å². The van der Waals surface area contributed by atoms with Crippen LogP contribution in [0.2, 0.25) is 0 Å². The highest BCUT2D eigenvalue weighted by Crippen LogP contribution is 2.18. The minimum Gasteiger partial charge on any atom is -0.483 e. The van der Waals surface area contributed by atoms with Crippen LogP contribution in [0.3, 0.4) is 0 Å². The molecular weight excluding hydrogens is 266 g/mol. The Bertz CT molecular complexity index is 501. The lowest BCUT2D eigenvalue weighted by Crippen LogP contribution is -2.35. The van der Waals surface area contributed by atoms with Crippen LogP contribution in [-0.2, 0) is 11.3 Å². The maximum Gasteiger partial charge on any atom is 0.257 e. The first-order valence-corrected chi connectivity index (χ1v) is 7.02. The quantitative estimate of drug-likeness (QED) is 0.753. The van der Waals surface area contributed by atoms with Crippen LogP contribution in [0.15, 0.2) is 24.3 Å². The number of hydrogen-bond donors (Lipinski definition) is 2. The van der Waals surface area contributed by atoms with Gasteiger partial charge in [0.25, 0.3) is 5.91 Å². The standard InChI is InChI=1S/C16H23N3O2/c1-16(2,3)19-11-13-7-4-5-8-14(13)21-12-15(20)18-10-6-9-17/h4-5,7-8,19H,6,10-12H2,1-3H3,(H,18,20). The molecule has 0 spiro atoms. The van der Waals surface area contributed by atoms with Crippen LogP contribution in [-0.4, -0.2) is 24.6 Å². The summed E-state index contributed by atoms with van der Waals surface area (Å²) >= 11 is 0. The largest absolute Gasteiger partial charge is 0.483 e. The lowest BCUT2D eigenvalue weighted by molar-refractivity contribution is -0.123. The van der Waals surface area contributed by atoms with Gasteiger partial charge in [0, 0.05) is 24.2 Å². The summed E-state index contributed by atoms with van der Waals surface area (Å²) in [6.45, 7) is 7.27. The average molecular weight is 289 g/mol. The Morgan fingerprint density at radius 1 is 1.33 bits per heavy atom. The van der Waals surface area contributed by atoms with E-state index in [1.54, 1.807) is 0 Å². The Morgan fingerprint density at radius 3 is 2.71 bits per heavy atom. The maximum atomic E-state index is 11.6. The molecule has 1 aromatic rings. The van der Waals surface area contributed by atoms with Crippen LogP contribution >= 0.6 is 0 Å². The third kappa shape index (κ3) is 7.33. The monoisotopic (exact) mass is 289 g/mol. The molecule has 0 aromatic heterocycles. The fraction of sp³-hybridized carbons (Fsp3) is 0.500. The van der Waals surface area contributed by atoms with Gasteiger partial charge in [-0.05, 0) is 26.8 Å². The van der Waals surface area contributed by atoms with Gasteiger partial charge in [-0.25, -0.2) is 0 Å². The summed E-state index contributed by atoms with van der Waals surface area (Å²) in [7, 11) is 0. The highest BCUT2D eigenvalue weighted by atomic mass is 16.5. The number of carbonyl (C=O) groups is 1. The van der Waals surface area contributed by atoms with Crippen molar-refractivity contribution in [3.63, 3.8) is 0 Å². The van der Waals surface area contributed by atoms with Gasteiger partial charge in [-0.15, -0.1) is 0 Å². The molecule has 0 atom stereocenters. The highest BCUT2D eigenvalue weighted by Gasteiger charge is 2.11. The second-order valence-electron chi connectivity index (χ2n) is 5.76. The van der Waals surface area contributed by atoms with Crippen molar-refractivity contribution in [1.29, 1.82) is 5.26 Å². The van der Waals surface area contributed by atoms with Gasteiger partial charge in [0.1, 0.15) is 5.75 Å². The summed E-state index contributed by atoms with van der Waals surface area (Å²) in [5.74, 6) is 0.480. The van der Waals surface area contributed by atoms with Gasteiger partial charge >= 0.3 is 0 Å². The van der Waals surface area contributed by atoms with Crippen LogP contribution < -0.4 is 15.4 Å². The highest BCUT2D eigenvalue weighted by molar-refractivity contribution is 5.77. The fourth-order valence-corrected chi connectivity index (χ4v) is 1.60. The molecule has 5 nitrogen and oxygen atoms in total. The number of nitrogens with zero attached hydrogens (tertiary/aromatic N) is 1. The molecule has 0 aliphatic heterocycles. The number of ether oxygens (including phenoxy) is 1. The minimum atomic E-state index is -0.219. The van der Waals surface area contributed by atoms with Crippen molar-refractivity contribution in [1.82, 2.24) is 10.6 Å². The van der Waals surface area contributed by atoms with E-state index in [0.717, 1.165) is 5.56 Å². The first-order chi connectivity index (χ1) is 9.92. The van der Waals surface area contributed by atoms with Crippen molar-refractivity contribution in [2.24, 2.45) is 0 Å². The van der Waals surface area contributed by atoms with E-state index in [1.807, 2.05) is 30.3 Å². The molecule has 0 unspecified atom stereocenters. The van der Waals surface area contributed by atoms with E-state index in [2.05, 4.69) is 31.4 Å². The molecule has 1 rings (SSSR count). The molecule has 2 N–H and O–H groups in total. The van der Waals surface area contributed by atoms with E-state index in [9.17, 15) is 4.79 Å². The van der Waals surface area contributed by atoms with Crippen molar-refractivity contribution in [2.75, 3.05) is 13.2 Å². The molecule has 0 heterocycles. The number of benzene rings is 1. The molecule has 0 saturated carbocycles. The van der Waals surface area contributed by atoms with Gasteiger partial charge in [-0.3, -0.25) is 4.79 Å². The predicted molar refractivity (Wildman–Crippen MR) is 81.8 cm³/mol. The first kappa shape index (κ1) is 17.0. The number of para-hydroxylation sites is 1. The smallest absolute Gasteiger partial charge is 0.257 e. The molecule has 1 aromatic carbocycles. The van der Waals surface area contributed by atoms with E-state index in [1.165, 1.54) is 0 Å². The molecule has 0 aliphatic rings. The molecule has 21 heavy (non-hydrogen) atoms. The molecule has 114 valence electrons. The Hall–Kier alpha value is -2.06. The molecular formula is C16H23N3O2. The van der Waals surface area contributed by atoms with Gasteiger partial charge in [0.15, 0.2) is 6.61 Å². The second kappa shape index (κ2) is 8.28. The zero-order valence-electron chi connectivity index (χ0n) is 12.9. The maximum absolute atomic E-state index is 11.6. The zero-order valence-corrected chi connectivity index (χ0v) is 12.9. The van der Waals surface area contributed by atoms with E-state index in [4.69, 9.17) is 10.00 Å². The van der Waals surface area contributed by atoms with E-state index in [0.29, 0.717) is 25.3 Å². The van der Waals surface area contributed by atoms with Crippen molar-refractivity contribution >= 4 is 5.91 Å². The lowest BCUT2D eigenvalue weighted by atomic mass is 10.1. The number of nitrogens with one attached hydrogen (secondary N) is 2. The van der Waals surface area contributed by atoms with Crippen LogP contribution in [0.25, 0.3) is 0 Å². The van der Waals surface area contributed by atoms with Gasteiger partial charge in [0.05, 0.1) is 12.5 Å². The molecule has 0 radical (unpaired) electrons. The van der Waals surface area contributed by atoms with E-state index < -0.39 is 0 Å². The topological polar surface area (TPSA) is 74.2 Å². The van der Waals surface area contributed by atoms with E-state index in [-0.39, 0.29) is 18.1 Å². The van der Waals surface area contributed by atoms with Gasteiger partial charge in [-0.2, -0.15) is 5.26 Å². The van der Waals surface area contributed by atoms with Crippen molar-refractivity contribution in [2.45, 2.75) is 39.3 Å². The van der Waals surface area contributed by atoms with Gasteiger partial charge in [0.2, 0.25) is 0 Å². The third-order valence-electron chi connectivity index (χ3n) is 2.70. The second-order valence-corrected chi connectivity index (χ2v) is 5.76. The zero-order chi connectivity index (χ0) is 15.7. The lowest BCUT2D eigenvalue weighted by Gasteiger charge is -2.21. The molecule has 0 fully saturated rings. The number of amides is 1. The summed E-state index contributed by atoms with van der Waals surface area (Å²) in [6.07, 6.45) is 0.303. The summed E-state index contributed by atoms with van der Waals surface area (Å²) < 4.78 is 5.56. The molecule has 0 saturated heterocycles. The molecule has 1 amide bonds. The SMILES string of the molecule is CC(C)(C)NCc1ccccc1OCC(=O)NCCC#N. The van der Waals surface area contributed by atoms with Gasteiger partial charge < -0.3 is 15.4 Å². The van der Waals surface area contributed by atoms with Crippen molar-refractivity contribution < 1.29 is 9.53 Å². The predicted octanol–water partition coefficient (Wildman–Crippen LogP) is 1.98. The van der Waals surface area contributed by atoms with Crippen LogP contribution in [0.5, 0.6) is 5.75 Å². The van der Waals surface area contributed by atoms with Crippen LogP contribution in [0.4, 0.5) is 0 Å². The van der Waals surface area contributed by atoms with Crippen LogP contribution in [0.1, 0.15) is 32.8 Å². The molecule has 0 bridgehead atoms. The Kier molecular flexibility index (Phi) is 6.70. The Labute approximate surface area is 126 Å². The van der Waals surface area contributed by atoms with Gasteiger partial charge in [-0.1, -0.05) is 18.2 Å². The van der Waals surface area contributed by atoms with Crippen molar-refractivity contribution in [3.05, 3.63) is 29.8 Å². The summed E-state index contributed by atoms with van der Waals surface area (Å²) in [5.41, 5.74) is 1.03. The Balaban J connectivity index is 2.51. The van der Waals surface area contributed by atoms with E-state index >= 15 is 0 Å². The average Bonchev–Trinajstić information content (AvgIpc) is 2.43. The normalized spacial score (nSPS) is 10.8. The number of carbonyl (C=O) groups excluding carboxylic acids is 1. The number of nitriles is 1. The summed E-state index contributed by atoms with van der Waals surface area (Å²) in [5, 5.41) is 14.4. The molecule has 5 heteroatoms. The number of rotatable bonds is 7. The first-order valence-electron chi connectivity index (χ1n) is 7.02. The Morgan fingerprint density at radius 2 is 2.05 bits per heavy atom. The molecule has 0 aliphatic carbocycles. The third-order valence-corrected chi connectivity index (χ3v) is 2.70. The fourth-order valence-electron chi connectivity index (χ4n) is 1.60. The summed E-state index contributed by atoms with van der Waals surface area (Å²) in [4.78, 5) is 11.6. The summed E-state index contributed by atoms with van der Waals surface area (Å²) in [6, 6.07) is 9.62. The minimum absolute atomic E-state index is 0.0157.